The second kappa shape index (κ2) is 6.43. The zero-order valence-electron chi connectivity index (χ0n) is 13.3. The molecule has 0 unspecified atom stereocenters. The Hall–Kier alpha value is -1.32. The molecule has 1 aromatic heterocycles. The summed E-state index contributed by atoms with van der Waals surface area (Å²) in [5, 5.41) is 1.22. The highest BCUT2D eigenvalue weighted by molar-refractivity contribution is 5.77. The van der Waals surface area contributed by atoms with Crippen LogP contribution in [0.4, 0.5) is 0 Å². The van der Waals surface area contributed by atoms with Crippen molar-refractivity contribution in [3.8, 4) is 0 Å². The third-order valence-corrected chi connectivity index (χ3v) is 5.39. The number of hydrogen-bond donors (Lipinski definition) is 0. The largest absolute Gasteiger partial charge is 0.464 e. The van der Waals surface area contributed by atoms with Crippen molar-refractivity contribution in [1.29, 1.82) is 0 Å². The molecule has 2 fully saturated rings. The molecule has 0 amide bonds. The molecule has 22 heavy (non-hydrogen) atoms. The standard InChI is InChI=1S/C19H26N2O/c1-2-9-21(10-3-1)18-6-11-20(12-7-18)15-16-4-5-19-17(14-16)8-13-22-19/h4-5,8,13-14,18H,1-3,6-7,9-12,15H2. The summed E-state index contributed by atoms with van der Waals surface area (Å²) in [4.78, 5) is 5.36. The Morgan fingerprint density at radius 1 is 0.955 bits per heavy atom. The van der Waals surface area contributed by atoms with Crippen LogP contribution in [0.3, 0.4) is 0 Å². The quantitative estimate of drug-likeness (QED) is 0.857. The fourth-order valence-corrected chi connectivity index (χ4v) is 4.10. The second-order valence-electron chi connectivity index (χ2n) is 6.90. The van der Waals surface area contributed by atoms with Gasteiger partial charge in [-0.25, -0.2) is 0 Å². The van der Waals surface area contributed by atoms with Crippen LogP contribution in [0.25, 0.3) is 11.0 Å². The van der Waals surface area contributed by atoms with Gasteiger partial charge in [-0.3, -0.25) is 4.90 Å². The maximum absolute atomic E-state index is 5.42. The molecule has 3 nitrogen and oxygen atoms in total. The monoisotopic (exact) mass is 298 g/mol. The van der Waals surface area contributed by atoms with Crippen molar-refractivity contribution in [3.05, 3.63) is 36.1 Å². The van der Waals surface area contributed by atoms with Crippen LogP contribution < -0.4 is 0 Å². The van der Waals surface area contributed by atoms with Crippen LogP contribution >= 0.6 is 0 Å². The van der Waals surface area contributed by atoms with E-state index in [1.165, 1.54) is 69.2 Å². The van der Waals surface area contributed by atoms with Gasteiger partial charge in [0.2, 0.25) is 0 Å². The first-order valence-electron chi connectivity index (χ1n) is 8.81. The van der Waals surface area contributed by atoms with Crippen molar-refractivity contribution < 1.29 is 4.42 Å². The zero-order valence-corrected chi connectivity index (χ0v) is 13.3. The Morgan fingerprint density at radius 2 is 1.77 bits per heavy atom. The van der Waals surface area contributed by atoms with Crippen molar-refractivity contribution in [2.24, 2.45) is 0 Å². The summed E-state index contributed by atoms with van der Waals surface area (Å²) in [5.41, 5.74) is 2.40. The molecule has 0 atom stereocenters. The van der Waals surface area contributed by atoms with Crippen molar-refractivity contribution in [1.82, 2.24) is 9.80 Å². The SMILES string of the molecule is c1cc2cc(CN3CCC(N4CCCCC4)CC3)ccc2o1. The number of furan rings is 1. The first-order valence-corrected chi connectivity index (χ1v) is 8.81. The number of likely N-dealkylation sites (tertiary alicyclic amines) is 2. The van der Waals surface area contributed by atoms with Crippen LogP contribution in [0, 0.1) is 0 Å². The number of hydrogen-bond acceptors (Lipinski definition) is 3. The highest BCUT2D eigenvalue weighted by Crippen LogP contribution is 2.23. The molecule has 0 saturated carbocycles. The summed E-state index contributed by atoms with van der Waals surface area (Å²) in [6, 6.07) is 9.48. The highest BCUT2D eigenvalue weighted by atomic mass is 16.3. The van der Waals surface area contributed by atoms with E-state index < -0.39 is 0 Å². The van der Waals surface area contributed by atoms with E-state index in [4.69, 9.17) is 4.42 Å². The molecule has 0 N–H and O–H groups in total. The molecule has 118 valence electrons. The number of benzene rings is 1. The zero-order chi connectivity index (χ0) is 14.8. The van der Waals surface area contributed by atoms with Gasteiger partial charge < -0.3 is 9.32 Å². The van der Waals surface area contributed by atoms with E-state index in [1.807, 2.05) is 0 Å². The molecule has 0 aliphatic carbocycles. The van der Waals surface area contributed by atoms with Gasteiger partial charge in [-0.2, -0.15) is 0 Å². The van der Waals surface area contributed by atoms with E-state index in [0.717, 1.165) is 18.2 Å². The van der Waals surface area contributed by atoms with Crippen molar-refractivity contribution in [2.75, 3.05) is 26.2 Å². The molecule has 2 aromatic rings. The van der Waals surface area contributed by atoms with Gasteiger partial charge in [0.05, 0.1) is 6.26 Å². The normalized spacial score (nSPS) is 22.4. The summed E-state index contributed by atoms with van der Waals surface area (Å²) < 4.78 is 5.42. The second-order valence-corrected chi connectivity index (χ2v) is 6.90. The smallest absolute Gasteiger partial charge is 0.133 e. The predicted octanol–water partition coefficient (Wildman–Crippen LogP) is 3.88. The molecule has 0 radical (unpaired) electrons. The Labute approximate surface area is 132 Å². The lowest BCUT2D eigenvalue weighted by molar-refractivity contribution is 0.0897. The Bertz CT molecular complexity index is 607. The van der Waals surface area contributed by atoms with E-state index in [-0.39, 0.29) is 0 Å². The maximum Gasteiger partial charge on any atom is 0.133 e. The molecular formula is C19H26N2O. The average Bonchev–Trinajstić information content (AvgIpc) is 3.04. The third-order valence-electron chi connectivity index (χ3n) is 5.39. The number of rotatable bonds is 3. The number of nitrogens with zero attached hydrogens (tertiary/aromatic N) is 2. The fraction of sp³-hybridized carbons (Fsp3) is 0.579. The molecular weight excluding hydrogens is 272 g/mol. The lowest BCUT2D eigenvalue weighted by Gasteiger charge is -2.40. The number of piperidine rings is 2. The summed E-state index contributed by atoms with van der Waals surface area (Å²) in [6.45, 7) is 6.23. The average molecular weight is 298 g/mol. The van der Waals surface area contributed by atoms with Crippen molar-refractivity contribution in [2.45, 2.75) is 44.7 Å². The van der Waals surface area contributed by atoms with Gasteiger partial charge in [0, 0.05) is 18.0 Å². The van der Waals surface area contributed by atoms with Crippen molar-refractivity contribution >= 4 is 11.0 Å². The van der Waals surface area contributed by atoms with Crippen LogP contribution in [0.1, 0.15) is 37.7 Å². The van der Waals surface area contributed by atoms with Gasteiger partial charge in [-0.15, -0.1) is 0 Å². The molecule has 2 aliphatic heterocycles. The van der Waals surface area contributed by atoms with E-state index >= 15 is 0 Å². The molecule has 3 heteroatoms. The Morgan fingerprint density at radius 3 is 2.59 bits per heavy atom. The van der Waals surface area contributed by atoms with Gasteiger partial charge in [-0.1, -0.05) is 12.5 Å². The van der Waals surface area contributed by atoms with Gasteiger partial charge in [0.15, 0.2) is 0 Å². The Balaban J connectivity index is 1.33. The molecule has 4 rings (SSSR count). The molecule has 3 heterocycles. The fourth-order valence-electron chi connectivity index (χ4n) is 4.10. The van der Waals surface area contributed by atoms with Gasteiger partial charge >= 0.3 is 0 Å². The summed E-state index contributed by atoms with van der Waals surface area (Å²) in [5.74, 6) is 0. The van der Waals surface area contributed by atoms with E-state index in [9.17, 15) is 0 Å². The molecule has 0 bridgehead atoms. The van der Waals surface area contributed by atoms with Crippen LogP contribution in [-0.4, -0.2) is 42.0 Å². The lowest BCUT2D eigenvalue weighted by Crippen LogP contribution is -2.46. The minimum atomic E-state index is 0.841. The molecule has 0 spiro atoms. The first kappa shape index (κ1) is 14.3. The van der Waals surface area contributed by atoms with E-state index in [0.29, 0.717) is 0 Å². The van der Waals surface area contributed by atoms with E-state index in [1.54, 1.807) is 6.26 Å². The summed E-state index contributed by atoms with van der Waals surface area (Å²) in [7, 11) is 0. The molecule has 2 saturated heterocycles. The third kappa shape index (κ3) is 3.06. The summed E-state index contributed by atoms with van der Waals surface area (Å²) in [6.07, 6.45) is 8.71. The maximum atomic E-state index is 5.42. The van der Waals surface area contributed by atoms with E-state index in [2.05, 4.69) is 34.1 Å². The number of fused-ring (bicyclic) bond motifs is 1. The van der Waals surface area contributed by atoms with Gasteiger partial charge in [0.1, 0.15) is 5.58 Å². The van der Waals surface area contributed by atoms with Crippen LogP contribution in [0.15, 0.2) is 34.9 Å². The van der Waals surface area contributed by atoms with Gasteiger partial charge in [-0.05, 0) is 75.6 Å². The minimum Gasteiger partial charge on any atom is -0.464 e. The lowest BCUT2D eigenvalue weighted by atomic mass is 9.99. The topological polar surface area (TPSA) is 19.6 Å². The van der Waals surface area contributed by atoms with Crippen LogP contribution in [0.5, 0.6) is 0 Å². The first-order chi connectivity index (χ1) is 10.9. The van der Waals surface area contributed by atoms with Crippen molar-refractivity contribution in [3.63, 3.8) is 0 Å². The van der Waals surface area contributed by atoms with Crippen LogP contribution in [-0.2, 0) is 6.54 Å². The minimum absolute atomic E-state index is 0.841. The molecule has 2 aliphatic rings. The van der Waals surface area contributed by atoms with Crippen LogP contribution in [0.2, 0.25) is 0 Å². The predicted molar refractivity (Wildman–Crippen MR) is 89.9 cm³/mol. The summed E-state index contributed by atoms with van der Waals surface area (Å²) >= 11 is 0. The Kier molecular flexibility index (Phi) is 4.17. The van der Waals surface area contributed by atoms with Gasteiger partial charge in [0.25, 0.3) is 0 Å². The molecule has 1 aromatic carbocycles. The highest BCUT2D eigenvalue weighted by Gasteiger charge is 2.25.